The summed E-state index contributed by atoms with van der Waals surface area (Å²) in [5.41, 5.74) is 5.06. The van der Waals surface area contributed by atoms with Gasteiger partial charge < -0.3 is 5.73 Å². The summed E-state index contributed by atoms with van der Waals surface area (Å²) in [5.74, 6) is -0.189. The molecule has 0 fully saturated rings. The van der Waals surface area contributed by atoms with E-state index in [9.17, 15) is 14.9 Å². The zero-order valence-electron chi connectivity index (χ0n) is 12.2. The fraction of sp³-hybridized carbons (Fsp3) is 0.214. The van der Waals surface area contributed by atoms with Gasteiger partial charge in [-0.1, -0.05) is 48.6 Å². The SMILES string of the molecule is CC(Cc1nn2c(=O)c([N+](=O)[O-])c(N)nc2s1)c1ccccc1. The molecule has 0 aliphatic carbocycles. The third-order valence-corrected chi connectivity index (χ3v) is 4.42. The Bertz CT molecular complexity index is 935. The van der Waals surface area contributed by atoms with Gasteiger partial charge in [0.2, 0.25) is 10.8 Å². The van der Waals surface area contributed by atoms with Crippen LogP contribution in [-0.4, -0.2) is 19.5 Å². The van der Waals surface area contributed by atoms with Crippen LogP contribution in [-0.2, 0) is 6.42 Å². The molecular formula is C14H13N5O3S. The van der Waals surface area contributed by atoms with E-state index >= 15 is 0 Å². The lowest BCUT2D eigenvalue weighted by atomic mass is 9.98. The van der Waals surface area contributed by atoms with Crippen LogP contribution in [0.25, 0.3) is 4.96 Å². The van der Waals surface area contributed by atoms with Crippen molar-refractivity contribution in [2.24, 2.45) is 0 Å². The van der Waals surface area contributed by atoms with Gasteiger partial charge >= 0.3 is 11.2 Å². The van der Waals surface area contributed by atoms with Gasteiger partial charge in [0.1, 0.15) is 5.01 Å². The number of aromatic nitrogens is 3. The second kappa shape index (κ2) is 5.76. The van der Waals surface area contributed by atoms with E-state index < -0.39 is 16.2 Å². The highest BCUT2D eigenvalue weighted by atomic mass is 32.1. The number of nitrogen functional groups attached to an aromatic ring is 1. The summed E-state index contributed by atoms with van der Waals surface area (Å²) in [5, 5.41) is 15.7. The van der Waals surface area contributed by atoms with Crippen LogP contribution in [0.4, 0.5) is 11.5 Å². The highest BCUT2D eigenvalue weighted by molar-refractivity contribution is 7.16. The van der Waals surface area contributed by atoms with Gasteiger partial charge in [0.25, 0.3) is 0 Å². The minimum Gasteiger partial charge on any atom is -0.378 e. The fourth-order valence-electron chi connectivity index (χ4n) is 2.31. The molecule has 0 amide bonds. The largest absolute Gasteiger partial charge is 0.378 e. The summed E-state index contributed by atoms with van der Waals surface area (Å²) >= 11 is 1.21. The number of benzene rings is 1. The molecule has 0 saturated carbocycles. The third kappa shape index (κ3) is 2.78. The maximum atomic E-state index is 12.1. The lowest BCUT2D eigenvalue weighted by molar-refractivity contribution is -0.385. The summed E-state index contributed by atoms with van der Waals surface area (Å²) in [6.45, 7) is 2.05. The molecule has 2 aromatic heterocycles. The van der Waals surface area contributed by atoms with Crippen molar-refractivity contribution in [2.45, 2.75) is 19.3 Å². The number of rotatable bonds is 4. The van der Waals surface area contributed by atoms with E-state index in [-0.39, 0.29) is 16.7 Å². The molecule has 0 saturated heterocycles. The Labute approximate surface area is 134 Å². The highest BCUT2D eigenvalue weighted by Gasteiger charge is 2.23. The summed E-state index contributed by atoms with van der Waals surface area (Å²) < 4.78 is 0.951. The van der Waals surface area contributed by atoms with E-state index in [1.54, 1.807) is 0 Å². The number of hydrogen-bond acceptors (Lipinski definition) is 7. The van der Waals surface area contributed by atoms with Crippen LogP contribution in [0.15, 0.2) is 35.1 Å². The Balaban J connectivity index is 1.99. The first-order valence-corrected chi connectivity index (χ1v) is 7.66. The second-order valence-corrected chi connectivity index (χ2v) is 6.15. The van der Waals surface area contributed by atoms with E-state index in [1.165, 1.54) is 11.3 Å². The zero-order chi connectivity index (χ0) is 16.6. The number of fused-ring (bicyclic) bond motifs is 1. The van der Waals surface area contributed by atoms with Gasteiger partial charge in [0.15, 0.2) is 0 Å². The number of nitrogens with two attached hydrogens (primary N) is 1. The molecule has 3 rings (SSSR count). The molecule has 0 aliphatic rings. The van der Waals surface area contributed by atoms with Gasteiger partial charge in [-0.3, -0.25) is 14.9 Å². The van der Waals surface area contributed by atoms with Crippen molar-refractivity contribution in [2.75, 3.05) is 5.73 Å². The molecule has 3 aromatic rings. The van der Waals surface area contributed by atoms with Crippen LogP contribution in [0.1, 0.15) is 23.4 Å². The molecule has 0 bridgehead atoms. The Hall–Kier alpha value is -2.81. The maximum absolute atomic E-state index is 12.1. The molecule has 1 aromatic carbocycles. The van der Waals surface area contributed by atoms with Gasteiger partial charge in [0.05, 0.1) is 4.92 Å². The Morgan fingerprint density at radius 3 is 2.74 bits per heavy atom. The zero-order valence-corrected chi connectivity index (χ0v) is 13.0. The Kier molecular flexibility index (Phi) is 3.78. The Morgan fingerprint density at radius 2 is 2.09 bits per heavy atom. The van der Waals surface area contributed by atoms with Crippen LogP contribution >= 0.6 is 11.3 Å². The van der Waals surface area contributed by atoms with E-state index in [0.29, 0.717) is 11.4 Å². The molecule has 1 atom stereocenters. The number of nitrogens with zero attached hydrogens (tertiary/aromatic N) is 4. The van der Waals surface area contributed by atoms with Gasteiger partial charge in [-0.2, -0.15) is 14.6 Å². The van der Waals surface area contributed by atoms with Crippen molar-refractivity contribution in [3.63, 3.8) is 0 Å². The van der Waals surface area contributed by atoms with Crippen molar-refractivity contribution in [3.8, 4) is 0 Å². The van der Waals surface area contributed by atoms with Gasteiger partial charge in [-0.25, -0.2) is 0 Å². The topological polar surface area (TPSA) is 116 Å². The summed E-state index contributed by atoms with van der Waals surface area (Å²) in [6.07, 6.45) is 0.602. The van der Waals surface area contributed by atoms with Crippen LogP contribution in [0.3, 0.4) is 0 Å². The summed E-state index contributed by atoms with van der Waals surface area (Å²) in [7, 11) is 0. The molecule has 9 heteroatoms. The van der Waals surface area contributed by atoms with Crippen molar-refractivity contribution in [3.05, 3.63) is 61.4 Å². The normalized spacial score (nSPS) is 12.4. The first-order chi connectivity index (χ1) is 11.0. The van der Waals surface area contributed by atoms with Gasteiger partial charge in [-0.05, 0) is 11.5 Å². The van der Waals surface area contributed by atoms with Crippen LogP contribution in [0.2, 0.25) is 0 Å². The van der Waals surface area contributed by atoms with Crippen LogP contribution in [0, 0.1) is 10.1 Å². The third-order valence-electron chi connectivity index (χ3n) is 3.49. The average molecular weight is 331 g/mol. The van der Waals surface area contributed by atoms with E-state index in [1.807, 2.05) is 30.3 Å². The van der Waals surface area contributed by atoms with Crippen molar-refractivity contribution in [1.29, 1.82) is 0 Å². The molecule has 118 valence electrons. The fourth-order valence-corrected chi connectivity index (χ4v) is 3.33. The molecule has 0 aliphatic heterocycles. The van der Waals surface area contributed by atoms with Crippen molar-refractivity contribution >= 4 is 27.8 Å². The van der Waals surface area contributed by atoms with Gasteiger partial charge in [0, 0.05) is 6.42 Å². The molecule has 0 spiro atoms. The first-order valence-electron chi connectivity index (χ1n) is 6.85. The van der Waals surface area contributed by atoms with Crippen LogP contribution < -0.4 is 11.3 Å². The molecule has 8 nitrogen and oxygen atoms in total. The van der Waals surface area contributed by atoms with Crippen molar-refractivity contribution < 1.29 is 4.92 Å². The van der Waals surface area contributed by atoms with E-state index in [0.717, 1.165) is 10.1 Å². The Morgan fingerprint density at radius 1 is 1.39 bits per heavy atom. The number of nitro groups is 1. The molecule has 2 N–H and O–H groups in total. The van der Waals surface area contributed by atoms with E-state index in [2.05, 4.69) is 17.0 Å². The molecule has 0 radical (unpaired) electrons. The molecule has 1 unspecified atom stereocenters. The summed E-state index contributed by atoms with van der Waals surface area (Å²) in [4.78, 5) is 26.3. The predicted molar refractivity (Wildman–Crippen MR) is 86.8 cm³/mol. The maximum Gasteiger partial charge on any atom is 0.377 e. The number of anilines is 1. The summed E-state index contributed by atoms with van der Waals surface area (Å²) in [6, 6.07) is 9.90. The minimum atomic E-state index is -0.854. The molecule has 23 heavy (non-hydrogen) atoms. The monoisotopic (exact) mass is 331 g/mol. The molecule has 2 heterocycles. The molecular weight excluding hydrogens is 318 g/mol. The average Bonchev–Trinajstić information content (AvgIpc) is 2.90. The first kappa shape index (κ1) is 15.1. The van der Waals surface area contributed by atoms with Crippen LogP contribution in [0.5, 0.6) is 0 Å². The number of hydrogen-bond donors (Lipinski definition) is 1. The lowest BCUT2D eigenvalue weighted by Crippen LogP contribution is -2.20. The highest BCUT2D eigenvalue weighted by Crippen LogP contribution is 2.24. The van der Waals surface area contributed by atoms with Gasteiger partial charge in [-0.15, -0.1) is 0 Å². The van der Waals surface area contributed by atoms with Crippen molar-refractivity contribution in [1.82, 2.24) is 14.6 Å². The second-order valence-electron chi connectivity index (χ2n) is 5.11. The smallest absolute Gasteiger partial charge is 0.377 e. The quantitative estimate of drug-likeness (QED) is 0.577. The van der Waals surface area contributed by atoms with E-state index in [4.69, 9.17) is 5.73 Å². The minimum absolute atomic E-state index is 0.194. The standard InChI is InChI=1S/C14H13N5O3S/c1-8(9-5-3-2-4-6-9)7-10-17-18-13(20)11(19(21)22)12(15)16-14(18)23-10/h2-6,8H,7,15H2,1H3. The predicted octanol–water partition coefficient (Wildman–Crippen LogP) is 1.99. The lowest BCUT2D eigenvalue weighted by Gasteiger charge is -2.08.